The highest BCUT2D eigenvalue weighted by Gasteiger charge is 1.98. The monoisotopic (exact) mass is 168 g/mol. The van der Waals surface area contributed by atoms with E-state index in [1.54, 1.807) is 0 Å². The van der Waals surface area contributed by atoms with Crippen molar-refractivity contribution in [3.63, 3.8) is 0 Å². The van der Waals surface area contributed by atoms with Crippen molar-refractivity contribution in [2.45, 2.75) is 13.7 Å². The Balaban J connectivity index is 3.03. The Bertz CT molecular complexity index is 697. The summed E-state index contributed by atoms with van der Waals surface area (Å²) in [5.41, 5.74) is -2.31. The highest BCUT2D eigenvalue weighted by molar-refractivity contribution is 5.74. The molecule has 0 N–H and O–H groups in total. The fraction of sp³-hybridized carbons (Fsp3) is 0.200. The first-order valence-corrected chi connectivity index (χ1v) is 3.14. The van der Waals surface area contributed by atoms with E-state index in [1.165, 1.54) is 0 Å². The summed E-state index contributed by atoms with van der Waals surface area (Å²) in [5, 5.41) is 0. The van der Waals surface area contributed by atoms with Crippen molar-refractivity contribution in [1.29, 1.82) is 0 Å². The molecule has 2 rings (SSSR count). The van der Waals surface area contributed by atoms with Crippen LogP contribution < -0.4 is 0 Å². The van der Waals surface area contributed by atoms with Gasteiger partial charge >= 0.3 is 0 Å². The van der Waals surface area contributed by atoms with Crippen LogP contribution in [-0.4, -0.2) is 9.97 Å². The van der Waals surface area contributed by atoms with Crippen LogP contribution in [0, 0.1) is 13.7 Å². The molecule has 0 saturated heterocycles. The number of aromatic nitrogens is 2. The molecule has 2 heteroatoms. The van der Waals surface area contributed by atoms with Gasteiger partial charge in [-0.25, -0.2) is 9.97 Å². The van der Waals surface area contributed by atoms with Crippen LogP contribution >= 0.6 is 0 Å². The van der Waals surface area contributed by atoms with Gasteiger partial charge in [-0.05, 0) is 25.8 Å². The maximum absolute atomic E-state index is 7.74. The summed E-state index contributed by atoms with van der Waals surface area (Å²) in [6.07, 6.45) is 0. The van der Waals surface area contributed by atoms with Crippen LogP contribution in [-0.2, 0) is 0 Å². The van der Waals surface area contributed by atoms with Gasteiger partial charge in [-0.3, -0.25) is 0 Å². The van der Waals surface area contributed by atoms with Gasteiger partial charge in [0.1, 0.15) is 0 Å². The molecule has 0 atom stereocenters. The molecule has 0 radical (unpaired) electrons. The summed E-state index contributed by atoms with van der Waals surface area (Å²) in [6, 6.07) is -2.31. The second-order valence-corrected chi connectivity index (χ2v) is 2.12. The van der Waals surface area contributed by atoms with Gasteiger partial charge in [-0.2, -0.15) is 0 Å². The Morgan fingerprint density at radius 1 is 1.08 bits per heavy atom. The molecule has 12 heavy (non-hydrogen) atoms. The summed E-state index contributed by atoms with van der Waals surface area (Å²) in [7, 11) is 0. The molecule has 0 bridgehead atoms. The lowest BCUT2D eigenvalue weighted by atomic mass is 10.2. The summed E-state index contributed by atoms with van der Waals surface area (Å²) in [5.74, 6) is 0. The number of rotatable bonds is 0. The van der Waals surface area contributed by atoms with Crippen molar-refractivity contribution in [3.8, 4) is 0 Å². The second kappa shape index (κ2) is 2.55. The first-order chi connectivity index (χ1) is 9.85. The summed E-state index contributed by atoms with van der Waals surface area (Å²) in [6.45, 7) is -5.75. The van der Waals surface area contributed by atoms with Crippen molar-refractivity contribution in [2.24, 2.45) is 0 Å². The fourth-order valence-electron chi connectivity index (χ4n) is 0.791. The van der Waals surface area contributed by atoms with Crippen molar-refractivity contribution in [3.05, 3.63) is 35.6 Å². The predicted molar refractivity (Wildman–Crippen MR) is 49.0 cm³/mol. The third kappa shape index (κ3) is 1.05. The lowest BCUT2D eigenvalue weighted by Gasteiger charge is -2.00. The van der Waals surface area contributed by atoms with Crippen molar-refractivity contribution in [1.82, 2.24) is 9.97 Å². The third-order valence-corrected chi connectivity index (χ3v) is 1.32. The largest absolute Gasteiger partial charge is 0.250 e. The minimum Gasteiger partial charge on any atom is -0.250 e. The topological polar surface area (TPSA) is 25.8 Å². The van der Waals surface area contributed by atoms with Crippen LogP contribution in [0.25, 0.3) is 11.0 Å². The minimum atomic E-state index is -2.87. The van der Waals surface area contributed by atoms with Gasteiger partial charge in [0.25, 0.3) is 0 Å². The number of aryl methyl sites for hydroxylation is 2. The van der Waals surface area contributed by atoms with Crippen LogP contribution in [0.2, 0.25) is 0 Å². The minimum absolute atomic E-state index is 0.370. The van der Waals surface area contributed by atoms with Crippen LogP contribution in [0.3, 0.4) is 0 Å². The zero-order valence-electron chi connectivity index (χ0n) is 15.9. The Kier molecular flexibility index (Phi) is 0.442. The molecule has 60 valence electrons. The van der Waals surface area contributed by atoms with Gasteiger partial charge in [0.05, 0.1) is 27.9 Å². The van der Waals surface area contributed by atoms with Gasteiger partial charge in [0.15, 0.2) is 0 Å². The average Bonchev–Trinajstić information content (AvgIpc) is 2.39. The normalized spacial score (nSPS) is 24.7. The second-order valence-electron chi connectivity index (χ2n) is 2.12. The Morgan fingerprint density at radius 2 is 1.58 bits per heavy atom. The molecule has 1 heterocycles. The van der Waals surface area contributed by atoms with E-state index in [4.69, 9.17) is 13.7 Å². The van der Waals surface area contributed by atoms with E-state index < -0.39 is 49.3 Å². The Hall–Kier alpha value is -1.44. The lowest BCUT2D eigenvalue weighted by Crippen LogP contribution is -1.92. The lowest BCUT2D eigenvalue weighted by molar-refractivity contribution is 1.10. The molecular weight excluding hydrogens is 148 g/mol. The van der Waals surface area contributed by atoms with E-state index in [2.05, 4.69) is 9.97 Å². The summed E-state index contributed by atoms with van der Waals surface area (Å²) in [4.78, 5) is 7.36. The summed E-state index contributed by atoms with van der Waals surface area (Å²) >= 11 is 0. The molecule has 0 aliphatic rings. The highest BCUT2D eigenvalue weighted by Crippen LogP contribution is 2.10. The van der Waals surface area contributed by atoms with E-state index in [1.807, 2.05) is 0 Å². The number of nitrogens with zero attached hydrogens (tertiary/aromatic N) is 2. The zero-order chi connectivity index (χ0) is 17.0. The number of hydrogen-bond donors (Lipinski definition) is 0. The molecular formula is C10H10N2. The van der Waals surface area contributed by atoms with E-state index in [-0.39, 0.29) is 11.0 Å². The van der Waals surface area contributed by atoms with Crippen molar-refractivity contribution >= 4 is 11.0 Å². The van der Waals surface area contributed by atoms with Crippen LogP contribution in [0.1, 0.15) is 25.1 Å². The van der Waals surface area contributed by atoms with Gasteiger partial charge in [-0.15, -0.1) is 0 Å². The molecule has 0 amide bonds. The zero-order valence-corrected chi connectivity index (χ0v) is 5.89. The average molecular weight is 168 g/mol. The van der Waals surface area contributed by atoms with Gasteiger partial charge in [0, 0.05) is 8.22 Å². The molecule has 1 aromatic heterocycles. The number of benzene rings is 1. The molecule has 2 nitrogen and oxygen atoms in total. The Labute approximate surface area is 85.3 Å². The van der Waals surface area contributed by atoms with E-state index in [9.17, 15) is 0 Å². The molecule has 0 aliphatic carbocycles. The molecule has 2 aromatic rings. The van der Waals surface area contributed by atoms with Crippen LogP contribution in [0.5, 0.6) is 0 Å². The maximum Gasteiger partial charge on any atom is 0.0890 e. The standard InChI is InChI=1S/C10H10N2/c1-7-8(2)12-10-6-4-3-5-9(10)11-7/h3-6H,1-2H3/i1D3,2D3,3D,4D,5D,6D. The third-order valence-electron chi connectivity index (χ3n) is 1.32. The van der Waals surface area contributed by atoms with E-state index >= 15 is 0 Å². The quantitative estimate of drug-likeness (QED) is 0.603. The molecule has 1 aromatic carbocycles. The number of fused-ring (bicyclic) bond motifs is 1. The van der Waals surface area contributed by atoms with Gasteiger partial charge in [-0.1, -0.05) is 12.1 Å². The smallest absolute Gasteiger partial charge is 0.0890 e. The van der Waals surface area contributed by atoms with E-state index in [0.717, 1.165) is 0 Å². The molecule has 0 fully saturated rings. The maximum atomic E-state index is 7.74. The number of hydrogen-bond acceptors (Lipinski definition) is 2. The fourth-order valence-corrected chi connectivity index (χ4v) is 0.791. The van der Waals surface area contributed by atoms with Crippen LogP contribution in [0.4, 0.5) is 0 Å². The van der Waals surface area contributed by atoms with Crippen molar-refractivity contribution in [2.75, 3.05) is 0 Å². The van der Waals surface area contributed by atoms with Gasteiger partial charge < -0.3 is 0 Å². The molecule has 0 aliphatic heterocycles. The molecule has 0 saturated carbocycles. The summed E-state index contributed by atoms with van der Waals surface area (Å²) < 4.78 is 74.8. The SMILES string of the molecule is [2H]c1c([2H])c([2H])c2nc(C([2H])([2H])[2H])c(C([2H])([2H])[2H])nc2c1[2H]. The first kappa shape index (κ1) is 2.08. The van der Waals surface area contributed by atoms with Gasteiger partial charge in [0.2, 0.25) is 0 Å². The van der Waals surface area contributed by atoms with Crippen LogP contribution in [0.15, 0.2) is 24.2 Å². The molecule has 0 spiro atoms. The highest BCUT2D eigenvalue weighted by atomic mass is 14.8. The van der Waals surface area contributed by atoms with Crippen molar-refractivity contribution < 1.29 is 13.7 Å². The number of para-hydroxylation sites is 2. The Morgan fingerprint density at radius 3 is 2.00 bits per heavy atom. The predicted octanol–water partition coefficient (Wildman–Crippen LogP) is 2.25. The molecule has 0 unspecified atom stereocenters. The van der Waals surface area contributed by atoms with E-state index in [0.29, 0.717) is 0 Å². The first-order valence-electron chi connectivity index (χ1n) is 8.14.